The predicted molar refractivity (Wildman–Crippen MR) is 123 cm³/mol. The molecule has 2 aromatic rings. The molecule has 3 aliphatic rings. The molecule has 1 saturated heterocycles. The standard InChI is InChI=1S/C26H28N2O6/c1-25(23(30)31)15-33-14-21(25)27-22(29)26(11-6-12-26)28-24(32)34-13-20-18-9-4-2-7-16(18)17-8-3-5-10-19(17)20/h2-5,7-10,20-21H,6,11-15H2,1H3,(H,27,29)(H,28,32)(H,30,31). The molecule has 5 rings (SSSR count). The number of carboxylic acid groups (broad SMARTS) is 1. The highest BCUT2D eigenvalue weighted by Gasteiger charge is 2.52. The number of fused-ring (bicyclic) bond motifs is 3. The zero-order valence-electron chi connectivity index (χ0n) is 19.0. The van der Waals surface area contributed by atoms with E-state index >= 15 is 0 Å². The van der Waals surface area contributed by atoms with E-state index in [2.05, 4.69) is 22.8 Å². The lowest BCUT2D eigenvalue weighted by Crippen LogP contribution is -2.65. The van der Waals surface area contributed by atoms with Crippen molar-refractivity contribution in [3.8, 4) is 11.1 Å². The first-order valence-corrected chi connectivity index (χ1v) is 11.6. The van der Waals surface area contributed by atoms with Gasteiger partial charge in [0.2, 0.25) is 5.91 Å². The van der Waals surface area contributed by atoms with Gasteiger partial charge in [0.1, 0.15) is 17.6 Å². The van der Waals surface area contributed by atoms with Gasteiger partial charge in [0, 0.05) is 5.92 Å². The Kier molecular flexibility index (Phi) is 5.56. The average molecular weight is 465 g/mol. The van der Waals surface area contributed by atoms with Crippen molar-refractivity contribution in [1.82, 2.24) is 10.6 Å². The number of rotatable bonds is 6. The van der Waals surface area contributed by atoms with Gasteiger partial charge in [0.05, 0.1) is 19.3 Å². The van der Waals surface area contributed by atoms with Crippen LogP contribution in [0, 0.1) is 5.41 Å². The minimum atomic E-state index is -1.20. The van der Waals surface area contributed by atoms with Crippen molar-refractivity contribution in [3.05, 3.63) is 59.7 Å². The number of carbonyl (C=O) groups excluding carboxylic acids is 2. The zero-order valence-corrected chi connectivity index (χ0v) is 19.0. The molecule has 3 N–H and O–H groups in total. The molecule has 8 heteroatoms. The van der Waals surface area contributed by atoms with E-state index in [0.29, 0.717) is 12.8 Å². The van der Waals surface area contributed by atoms with E-state index in [1.165, 1.54) is 0 Å². The van der Waals surface area contributed by atoms with E-state index in [1.54, 1.807) is 6.92 Å². The number of hydrogen-bond acceptors (Lipinski definition) is 5. The Hall–Kier alpha value is -3.39. The van der Waals surface area contributed by atoms with Crippen LogP contribution >= 0.6 is 0 Å². The van der Waals surface area contributed by atoms with E-state index in [1.807, 2.05) is 36.4 Å². The van der Waals surface area contributed by atoms with Gasteiger partial charge in [0.15, 0.2) is 0 Å². The lowest BCUT2D eigenvalue weighted by molar-refractivity contribution is -0.149. The van der Waals surface area contributed by atoms with Crippen molar-refractivity contribution < 1.29 is 29.0 Å². The van der Waals surface area contributed by atoms with Crippen molar-refractivity contribution in [3.63, 3.8) is 0 Å². The number of benzene rings is 2. The Morgan fingerprint density at radius 1 is 1.06 bits per heavy atom. The van der Waals surface area contributed by atoms with Gasteiger partial charge < -0.3 is 25.2 Å². The van der Waals surface area contributed by atoms with Crippen LogP contribution in [0.2, 0.25) is 0 Å². The van der Waals surface area contributed by atoms with Crippen LogP contribution in [0.15, 0.2) is 48.5 Å². The molecule has 1 saturated carbocycles. The second kappa shape index (κ2) is 8.43. The Balaban J connectivity index is 1.25. The van der Waals surface area contributed by atoms with Gasteiger partial charge >= 0.3 is 12.1 Å². The third-order valence-corrected chi connectivity index (χ3v) is 7.58. The van der Waals surface area contributed by atoms with Crippen LogP contribution in [0.1, 0.15) is 43.2 Å². The first kappa shape index (κ1) is 22.4. The first-order chi connectivity index (χ1) is 16.3. The second-order valence-electron chi connectivity index (χ2n) is 9.65. The number of carbonyl (C=O) groups is 3. The molecule has 8 nitrogen and oxygen atoms in total. The van der Waals surface area contributed by atoms with E-state index in [-0.39, 0.29) is 25.7 Å². The Bertz CT molecular complexity index is 1100. The normalized spacial score (nSPS) is 24.4. The molecule has 1 heterocycles. The van der Waals surface area contributed by atoms with Gasteiger partial charge in [-0.05, 0) is 48.4 Å². The number of alkyl carbamates (subject to hydrolysis) is 1. The van der Waals surface area contributed by atoms with Crippen molar-refractivity contribution in [2.45, 2.75) is 43.7 Å². The molecule has 2 unspecified atom stereocenters. The van der Waals surface area contributed by atoms with Crippen molar-refractivity contribution in [1.29, 1.82) is 0 Å². The van der Waals surface area contributed by atoms with E-state index in [9.17, 15) is 19.5 Å². The number of nitrogens with one attached hydrogen (secondary N) is 2. The van der Waals surface area contributed by atoms with E-state index < -0.39 is 35.0 Å². The van der Waals surface area contributed by atoms with Crippen LogP contribution in [-0.4, -0.2) is 54.5 Å². The smallest absolute Gasteiger partial charge is 0.408 e. The van der Waals surface area contributed by atoms with Gasteiger partial charge in [-0.25, -0.2) is 4.79 Å². The summed E-state index contributed by atoms with van der Waals surface area (Å²) in [4.78, 5) is 37.6. The number of ether oxygens (including phenoxy) is 2. The number of hydrogen-bond donors (Lipinski definition) is 3. The Labute approximate surface area is 197 Å². The van der Waals surface area contributed by atoms with Crippen LogP contribution in [0.5, 0.6) is 0 Å². The third-order valence-electron chi connectivity index (χ3n) is 7.58. The van der Waals surface area contributed by atoms with Crippen LogP contribution in [0.4, 0.5) is 4.79 Å². The van der Waals surface area contributed by atoms with Gasteiger partial charge in [-0.15, -0.1) is 0 Å². The van der Waals surface area contributed by atoms with Crippen molar-refractivity contribution in [2.24, 2.45) is 5.41 Å². The van der Waals surface area contributed by atoms with Crippen LogP contribution in [0.25, 0.3) is 11.1 Å². The molecule has 2 atom stereocenters. The highest BCUT2D eigenvalue weighted by atomic mass is 16.5. The SMILES string of the molecule is CC1(C(=O)O)COCC1NC(=O)C1(NC(=O)OCC2c3ccccc3-c3ccccc32)CCC1. The summed E-state index contributed by atoms with van der Waals surface area (Å²) in [5.41, 5.74) is 2.21. The predicted octanol–water partition coefficient (Wildman–Crippen LogP) is 3.05. The van der Waals surface area contributed by atoms with Gasteiger partial charge in [0.25, 0.3) is 0 Å². The average Bonchev–Trinajstić information content (AvgIpc) is 3.33. The summed E-state index contributed by atoms with van der Waals surface area (Å²) in [6, 6.07) is 15.5. The summed E-state index contributed by atoms with van der Waals surface area (Å²) in [6.45, 7) is 1.86. The summed E-state index contributed by atoms with van der Waals surface area (Å²) in [7, 11) is 0. The zero-order chi connectivity index (χ0) is 23.9. The lowest BCUT2D eigenvalue weighted by atomic mass is 9.75. The molecule has 0 aromatic heterocycles. The molecule has 1 aliphatic heterocycles. The second-order valence-corrected chi connectivity index (χ2v) is 9.65. The molecule has 2 fully saturated rings. The molecule has 2 aliphatic carbocycles. The summed E-state index contributed by atoms with van der Waals surface area (Å²) >= 11 is 0. The number of aliphatic carboxylic acids is 1. The molecule has 2 amide bonds. The monoisotopic (exact) mass is 464 g/mol. The van der Waals surface area contributed by atoms with E-state index in [4.69, 9.17) is 9.47 Å². The molecule has 0 radical (unpaired) electrons. The van der Waals surface area contributed by atoms with Gasteiger partial charge in [-0.2, -0.15) is 0 Å². The fourth-order valence-electron chi connectivity index (χ4n) is 5.15. The maximum absolute atomic E-state index is 13.1. The van der Waals surface area contributed by atoms with Crippen molar-refractivity contribution in [2.75, 3.05) is 19.8 Å². The molecule has 0 bridgehead atoms. The summed E-state index contributed by atoms with van der Waals surface area (Å²) in [6.07, 6.45) is 1.08. The van der Waals surface area contributed by atoms with Gasteiger partial charge in [-0.3, -0.25) is 9.59 Å². The number of amides is 2. The maximum Gasteiger partial charge on any atom is 0.408 e. The molecule has 178 valence electrons. The van der Waals surface area contributed by atoms with Crippen LogP contribution in [-0.2, 0) is 19.1 Å². The third kappa shape index (κ3) is 3.62. The topological polar surface area (TPSA) is 114 Å². The van der Waals surface area contributed by atoms with Crippen LogP contribution < -0.4 is 10.6 Å². The van der Waals surface area contributed by atoms with Crippen LogP contribution in [0.3, 0.4) is 0 Å². The summed E-state index contributed by atoms with van der Waals surface area (Å²) in [5.74, 6) is -1.49. The fourth-order valence-corrected chi connectivity index (χ4v) is 5.15. The van der Waals surface area contributed by atoms with E-state index in [0.717, 1.165) is 28.7 Å². The summed E-state index contributed by atoms with van der Waals surface area (Å²) < 4.78 is 10.9. The first-order valence-electron chi connectivity index (χ1n) is 11.6. The fraction of sp³-hybridized carbons (Fsp3) is 0.423. The Morgan fingerprint density at radius 3 is 2.24 bits per heavy atom. The number of carboxylic acids is 1. The Morgan fingerprint density at radius 2 is 1.68 bits per heavy atom. The van der Waals surface area contributed by atoms with Crippen molar-refractivity contribution >= 4 is 18.0 Å². The highest BCUT2D eigenvalue weighted by Crippen LogP contribution is 2.44. The lowest BCUT2D eigenvalue weighted by Gasteiger charge is -2.41. The minimum Gasteiger partial charge on any atom is -0.481 e. The maximum atomic E-state index is 13.1. The quantitative estimate of drug-likeness (QED) is 0.606. The minimum absolute atomic E-state index is 0.0279. The van der Waals surface area contributed by atoms with Gasteiger partial charge in [-0.1, -0.05) is 48.5 Å². The molecule has 34 heavy (non-hydrogen) atoms. The largest absolute Gasteiger partial charge is 0.481 e. The molecule has 2 aromatic carbocycles. The molecule has 0 spiro atoms. The molecular formula is C26H28N2O6. The highest BCUT2D eigenvalue weighted by molar-refractivity contribution is 5.92. The summed E-state index contributed by atoms with van der Waals surface area (Å²) in [5, 5.41) is 15.1. The molecular weight excluding hydrogens is 436 g/mol.